The summed E-state index contributed by atoms with van der Waals surface area (Å²) in [7, 11) is 0. The Morgan fingerprint density at radius 3 is 2.87 bits per heavy atom. The molecule has 4 heteroatoms. The lowest BCUT2D eigenvalue weighted by Crippen LogP contribution is -2.54. The molecule has 2 aliphatic rings. The van der Waals surface area contributed by atoms with Gasteiger partial charge < -0.3 is 19.3 Å². The van der Waals surface area contributed by atoms with Crippen LogP contribution in [0.1, 0.15) is 26.2 Å². The van der Waals surface area contributed by atoms with Crippen molar-refractivity contribution in [3.8, 4) is 0 Å². The summed E-state index contributed by atoms with van der Waals surface area (Å²) in [6.45, 7) is 4.06. The minimum Gasteiger partial charge on any atom is -0.390 e. The molecule has 1 saturated carbocycles. The van der Waals surface area contributed by atoms with Crippen molar-refractivity contribution < 1.29 is 19.3 Å². The van der Waals surface area contributed by atoms with E-state index < -0.39 is 0 Å². The largest absolute Gasteiger partial charge is 0.390 e. The molecular weight excluding hydrogens is 196 g/mol. The van der Waals surface area contributed by atoms with Gasteiger partial charge in [-0.05, 0) is 19.8 Å². The van der Waals surface area contributed by atoms with E-state index in [1.165, 1.54) is 0 Å². The van der Waals surface area contributed by atoms with E-state index in [1.54, 1.807) is 0 Å². The quantitative estimate of drug-likeness (QED) is 0.735. The second kappa shape index (κ2) is 5.25. The third-order valence-electron chi connectivity index (χ3n) is 3.10. The molecule has 4 nitrogen and oxygen atoms in total. The lowest BCUT2D eigenvalue weighted by Gasteiger charge is -2.40. The molecule has 1 N–H and O–H groups in total. The van der Waals surface area contributed by atoms with Crippen molar-refractivity contribution in [2.75, 3.05) is 19.8 Å². The molecule has 15 heavy (non-hydrogen) atoms. The van der Waals surface area contributed by atoms with Crippen LogP contribution in [0.15, 0.2) is 0 Å². The number of ether oxygens (including phenoxy) is 3. The zero-order valence-corrected chi connectivity index (χ0v) is 9.22. The molecule has 88 valence electrons. The Balaban J connectivity index is 1.66. The average molecular weight is 216 g/mol. The second-order valence-electron chi connectivity index (χ2n) is 4.23. The van der Waals surface area contributed by atoms with Crippen molar-refractivity contribution in [1.82, 2.24) is 0 Å². The van der Waals surface area contributed by atoms with E-state index in [-0.39, 0.29) is 24.4 Å². The second-order valence-corrected chi connectivity index (χ2v) is 4.23. The molecule has 0 aromatic rings. The van der Waals surface area contributed by atoms with Crippen LogP contribution in [0.3, 0.4) is 0 Å². The highest BCUT2D eigenvalue weighted by atomic mass is 16.6. The summed E-state index contributed by atoms with van der Waals surface area (Å²) < 4.78 is 16.6. The predicted molar refractivity (Wildman–Crippen MR) is 54.8 cm³/mol. The summed E-state index contributed by atoms with van der Waals surface area (Å²) in [5, 5.41) is 9.46. The number of hydrogen-bond donors (Lipinski definition) is 1. The van der Waals surface area contributed by atoms with Gasteiger partial charge in [0, 0.05) is 19.6 Å². The van der Waals surface area contributed by atoms with E-state index in [1.807, 2.05) is 6.92 Å². The van der Waals surface area contributed by atoms with Crippen molar-refractivity contribution in [1.29, 1.82) is 0 Å². The van der Waals surface area contributed by atoms with Gasteiger partial charge in [-0.25, -0.2) is 0 Å². The fourth-order valence-electron chi connectivity index (χ4n) is 2.14. The van der Waals surface area contributed by atoms with Crippen LogP contribution in [-0.2, 0) is 14.2 Å². The highest BCUT2D eigenvalue weighted by Crippen LogP contribution is 2.28. The Bertz CT molecular complexity index is 191. The summed E-state index contributed by atoms with van der Waals surface area (Å²) in [6.07, 6.45) is 2.76. The third-order valence-corrected chi connectivity index (χ3v) is 3.10. The van der Waals surface area contributed by atoms with Crippen molar-refractivity contribution in [3.05, 3.63) is 0 Å². The van der Waals surface area contributed by atoms with E-state index in [0.717, 1.165) is 19.4 Å². The van der Waals surface area contributed by atoms with Gasteiger partial charge in [-0.3, -0.25) is 0 Å². The van der Waals surface area contributed by atoms with Crippen LogP contribution in [0.2, 0.25) is 0 Å². The van der Waals surface area contributed by atoms with Crippen LogP contribution >= 0.6 is 0 Å². The van der Waals surface area contributed by atoms with Crippen LogP contribution < -0.4 is 0 Å². The van der Waals surface area contributed by atoms with Gasteiger partial charge in [0.1, 0.15) is 6.10 Å². The number of aliphatic hydroxyl groups excluding tert-OH is 1. The average Bonchev–Trinajstić information content (AvgIpc) is 2.73. The summed E-state index contributed by atoms with van der Waals surface area (Å²) in [6, 6.07) is 0. The molecule has 0 radical (unpaired) electrons. The molecule has 4 atom stereocenters. The molecule has 1 saturated heterocycles. The first-order valence-electron chi connectivity index (χ1n) is 5.84. The van der Waals surface area contributed by atoms with Gasteiger partial charge in [0.05, 0.1) is 24.9 Å². The Morgan fingerprint density at radius 2 is 2.27 bits per heavy atom. The van der Waals surface area contributed by atoms with Gasteiger partial charge in [-0.1, -0.05) is 0 Å². The SMILES string of the molecule is CCOC1C(O)CC1OCC1CCCO1. The Kier molecular flexibility index (Phi) is 3.97. The molecule has 0 bridgehead atoms. The normalized spacial score (nSPS) is 40.4. The van der Waals surface area contributed by atoms with Crippen LogP contribution in [0.5, 0.6) is 0 Å². The molecule has 0 spiro atoms. The molecule has 2 rings (SSSR count). The fourth-order valence-corrected chi connectivity index (χ4v) is 2.14. The van der Waals surface area contributed by atoms with Crippen molar-refractivity contribution in [2.24, 2.45) is 0 Å². The molecular formula is C11H20O4. The van der Waals surface area contributed by atoms with E-state index in [2.05, 4.69) is 0 Å². The van der Waals surface area contributed by atoms with Gasteiger partial charge in [-0.2, -0.15) is 0 Å². The van der Waals surface area contributed by atoms with E-state index in [4.69, 9.17) is 14.2 Å². The summed E-state index contributed by atoms with van der Waals surface area (Å²) in [5.74, 6) is 0. The standard InChI is InChI=1S/C11H20O4/c1-2-13-11-9(12)6-10(11)15-7-8-4-3-5-14-8/h8-12H,2-7H2,1H3. The lowest BCUT2D eigenvalue weighted by atomic mass is 9.88. The van der Waals surface area contributed by atoms with Gasteiger partial charge in [0.25, 0.3) is 0 Å². The maximum absolute atomic E-state index is 9.46. The van der Waals surface area contributed by atoms with Crippen molar-refractivity contribution in [2.45, 2.75) is 50.6 Å². The summed E-state index contributed by atoms with van der Waals surface area (Å²) in [4.78, 5) is 0. The minimum atomic E-state index is -0.348. The van der Waals surface area contributed by atoms with Crippen molar-refractivity contribution in [3.63, 3.8) is 0 Å². The van der Waals surface area contributed by atoms with E-state index >= 15 is 0 Å². The third kappa shape index (κ3) is 2.69. The minimum absolute atomic E-state index is 0.0594. The molecule has 0 amide bonds. The lowest BCUT2D eigenvalue weighted by molar-refractivity contribution is -0.197. The van der Waals surface area contributed by atoms with Gasteiger partial charge in [0.15, 0.2) is 0 Å². The fraction of sp³-hybridized carbons (Fsp3) is 1.00. The molecule has 0 aromatic carbocycles. The van der Waals surface area contributed by atoms with Crippen molar-refractivity contribution >= 4 is 0 Å². The molecule has 0 aromatic heterocycles. The first-order valence-corrected chi connectivity index (χ1v) is 5.84. The summed E-state index contributed by atoms with van der Waals surface area (Å²) >= 11 is 0. The molecule has 1 aliphatic heterocycles. The van der Waals surface area contributed by atoms with Crippen LogP contribution in [0, 0.1) is 0 Å². The molecule has 1 aliphatic carbocycles. The van der Waals surface area contributed by atoms with Gasteiger partial charge in [-0.15, -0.1) is 0 Å². The first-order chi connectivity index (χ1) is 7.31. The Hall–Kier alpha value is -0.160. The highest BCUT2D eigenvalue weighted by Gasteiger charge is 2.42. The Labute approximate surface area is 90.5 Å². The molecule has 2 fully saturated rings. The predicted octanol–water partition coefficient (Wildman–Crippen LogP) is 0.720. The van der Waals surface area contributed by atoms with Crippen LogP contribution in [-0.4, -0.2) is 49.3 Å². The monoisotopic (exact) mass is 216 g/mol. The zero-order chi connectivity index (χ0) is 10.7. The molecule has 4 unspecified atom stereocenters. The smallest absolute Gasteiger partial charge is 0.110 e. The topological polar surface area (TPSA) is 47.9 Å². The number of hydrogen-bond acceptors (Lipinski definition) is 4. The number of rotatable bonds is 5. The van der Waals surface area contributed by atoms with Gasteiger partial charge in [0.2, 0.25) is 0 Å². The number of aliphatic hydroxyl groups is 1. The van der Waals surface area contributed by atoms with Gasteiger partial charge >= 0.3 is 0 Å². The maximum atomic E-state index is 9.46. The van der Waals surface area contributed by atoms with Crippen LogP contribution in [0.25, 0.3) is 0 Å². The maximum Gasteiger partial charge on any atom is 0.110 e. The highest BCUT2D eigenvalue weighted by molar-refractivity contribution is 4.92. The first kappa shape index (κ1) is 11.3. The van der Waals surface area contributed by atoms with Crippen LogP contribution in [0.4, 0.5) is 0 Å². The summed E-state index contributed by atoms with van der Waals surface area (Å²) in [5.41, 5.74) is 0. The Morgan fingerprint density at radius 1 is 1.40 bits per heavy atom. The molecule has 1 heterocycles. The zero-order valence-electron chi connectivity index (χ0n) is 9.22. The van der Waals surface area contributed by atoms with E-state index in [0.29, 0.717) is 19.6 Å². The van der Waals surface area contributed by atoms with E-state index in [9.17, 15) is 5.11 Å².